The number of hydrogen-bond donors (Lipinski definition) is 2. The molecule has 1 heterocycles. The van der Waals surface area contributed by atoms with Gasteiger partial charge in [0.2, 0.25) is 10.0 Å². The Balaban J connectivity index is 1.50. The summed E-state index contributed by atoms with van der Waals surface area (Å²) in [7, 11) is -3.74. The number of alkyl halides is 3. The molecule has 0 radical (unpaired) electrons. The number of halogens is 3. The number of rotatable bonds is 6. The van der Waals surface area contributed by atoms with Gasteiger partial charge in [0.05, 0.1) is 6.26 Å². The SMILES string of the molecule is CS(=O)(=O)NC(=O)c1ccc2c(c1)O[C@H]1C[C@@H](F)[C@H](/C=C/C(O)C(F)(F)c3ccccc3)[C@H]1CC2. The van der Waals surface area contributed by atoms with E-state index >= 15 is 0 Å². The summed E-state index contributed by atoms with van der Waals surface area (Å²) < 4.78 is 74.8. The Morgan fingerprint density at radius 3 is 2.63 bits per heavy atom. The van der Waals surface area contributed by atoms with E-state index in [0.29, 0.717) is 18.6 Å². The average Bonchev–Trinajstić information content (AvgIpc) is 2.97. The lowest BCUT2D eigenvalue weighted by Crippen LogP contribution is -2.30. The topological polar surface area (TPSA) is 92.7 Å². The molecular weight excluding hydrogens is 483 g/mol. The maximum atomic E-state index is 14.9. The molecule has 2 aliphatic rings. The molecule has 0 saturated heterocycles. The van der Waals surface area contributed by atoms with Crippen molar-refractivity contribution in [2.75, 3.05) is 6.26 Å². The van der Waals surface area contributed by atoms with Crippen LogP contribution < -0.4 is 9.46 Å². The van der Waals surface area contributed by atoms with Crippen LogP contribution in [-0.4, -0.2) is 44.1 Å². The van der Waals surface area contributed by atoms with Crippen molar-refractivity contribution >= 4 is 15.9 Å². The van der Waals surface area contributed by atoms with Gasteiger partial charge in [-0.1, -0.05) is 48.6 Å². The number of fused-ring (bicyclic) bond motifs is 2. The van der Waals surface area contributed by atoms with E-state index in [1.807, 2.05) is 4.72 Å². The highest BCUT2D eigenvalue weighted by molar-refractivity contribution is 7.89. The van der Waals surface area contributed by atoms with Crippen LogP contribution in [0.2, 0.25) is 0 Å². The molecule has 1 fully saturated rings. The zero-order chi connectivity index (χ0) is 25.4. The summed E-state index contributed by atoms with van der Waals surface area (Å²) in [6.45, 7) is 0. The molecule has 0 aromatic heterocycles. The Morgan fingerprint density at radius 1 is 1.23 bits per heavy atom. The summed E-state index contributed by atoms with van der Waals surface area (Å²) in [4.78, 5) is 12.2. The fourth-order valence-corrected chi connectivity index (χ4v) is 5.21. The van der Waals surface area contributed by atoms with Crippen molar-refractivity contribution < 1.29 is 36.2 Å². The van der Waals surface area contributed by atoms with Gasteiger partial charge < -0.3 is 9.84 Å². The van der Waals surface area contributed by atoms with Crippen LogP contribution >= 0.6 is 0 Å². The maximum absolute atomic E-state index is 14.9. The molecule has 6 nitrogen and oxygen atoms in total. The average molecular weight is 510 g/mol. The fourth-order valence-electron chi connectivity index (χ4n) is 4.76. The second kappa shape index (κ2) is 9.66. The molecule has 1 amide bonds. The number of aryl methyl sites for hydroxylation is 1. The number of hydrogen-bond acceptors (Lipinski definition) is 5. The Hall–Kier alpha value is -2.85. The van der Waals surface area contributed by atoms with Gasteiger partial charge in [-0.15, -0.1) is 0 Å². The van der Waals surface area contributed by atoms with Gasteiger partial charge in [0.25, 0.3) is 5.91 Å². The van der Waals surface area contributed by atoms with Crippen molar-refractivity contribution in [3.8, 4) is 5.75 Å². The van der Waals surface area contributed by atoms with Gasteiger partial charge in [0.15, 0.2) is 0 Å². The predicted molar refractivity (Wildman–Crippen MR) is 123 cm³/mol. The highest BCUT2D eigenvalue weighted by Gasteiger charge is 2.46. The van der Waals surface area contributed by atoms with Crippen LogP contribution in [0, 0.1) is 11.8 Å². The van der Waals surface area contributed by atoms with E-state index in [1.165, 1.54) is 42.5 Å². The first kappa shape index (κ1) is 25.2. The molecule has 2 aromatic carbocycles. The molecule has 2 N–H and O–H groups in total. The molecule has 0 bridgehead atoms. The predicted octanol–water partition coefficient (Wildman–Crippen LogP) is 3.75. The Labute approximate surface area is 201 Å². The highest BCUT2D eigenvalue weighted by Crippen LogP contribution is 2.44. The molecule has 4 rings (SSSR count). The fraction of sp³-hybridized carbons (Fsp3) is 0.400. The van der Waals surface area contributed by atoms with Crippen LogP contribution in [0.15, 0.2) is 60.7 Å². The van der Waals surface area contributed by atoms with E-state index in [4.69, 9.17) is 4.74 Å². The molecule has 1 saturated carbocycles. The highest BCUT2D eigenvalue weighted by atomic mass is 32.2. The summed E-state index contributed by atoms with van der Waals surface area (Å²) in [5.74, 6) is -5.00. The standard InChI is InChI=1S/C25H26F3NO5S/c1-35(32,33)29-24(31)16-8-7-15-9-10-19-18(20(26)14-22(19)34-21(15)13-16)11-12-23(30)25(27,28)17-5-3-2-4-6-17/h2-8,11-13,18-20,22-23,30H,9-10,14H2,1H3,(H,29,31)/b12-11+/t18-,19-,20-,22+,23?/m1/s1. The van der Waals surface area contributed by atoms with Crippen molar-refractivity contribution in [2.45, 2.75) is 43.6 Å². The smallest absolute Gasteiger partial charge is 0.302 e. The summed E-state index contributed by atoms with van der Waals surface area (Å²) in [6, 6.07) is 11.5. The lowest BCUT2D eigenvalue weighted by Gasteiger charge is -2.23. The van der Waals surface area contributed by atoms with E-state index in [-0.39, 0.29) is 23.5 Å². The van der Waals surface area contributed by atoms with Crippen molar-refractivity contribution in [3.63, 3.8) is 0 Å². The quantitative estimate of drug-likeness (QED) is 0.579. The Kier molecular flexibility index (Phi) is 6.97. The number of aliphatic hydroxyl groups is 1. The van der Waals surface area contributed by atoms with Gasteiger partial charge in [-0.3, -0.25) is 4.79 Å². The van der Waals surface area contributed by atoms with Crippen molar-refractivity contribution in [1.29, 1.82) is 0 Å². The summed E-state index contributed by atoms with van der Waals surface area (Å²) in [5, 5.41) is 10.2. The van der Waals surface area contributed by atoms with Crippen LogP contribution in [-0.2, 0) is 22.4 Å². The summed E-state index contributed by atoms with van der Waals surface area (Å²) in [6.07, 6.45) is 0.185. The van der Waals surface area contributed by atoms with Crippen molar-refractivity contribution in [2.24, 2.45) is 11.8 Å². The lowest BCUT2D eigenvalue weighted by atomic mass is 9.88. The number of benzene rings is 2. The molecule has 0 spiro atoms. The van der Waals surface area contributed by atoms with E-state index in [2.05, 4.69) is 0 Å². The third kappa shape index (κ3) is 5.54. The normalized spacial score (nSPS) is 25.3. The van der Waals surface area contributed by atoms with Crippen molar-refractivity contribution in [1.82, 2.24) is 4.72 Å². The van der Waals surface area contributed by atoms with Crippen LogP contribution in [0.4, 0.5) is 13.2 Å². The van der Waals surface area contributed by atoms with Gasteiger partial charge in [-0.05, 0) is 30.5 Å². The number of carbonyl (C=O) groups is 1. The number of sulfonamides is 1. The van der Waals surface area contributed by atoms with E-state index in [9.17, 15) is 31.5 Å². The van der Waals surface area contributed by atoms with E-state index in [0.717, 1.165) is 17.9 Å². The summed E-state index contributed by atoms with van der Waals surface area (Å²) >= 11 is 0. The second-order valence-electron chi connectivity index (χ2n) is 9.03. The first-order chi connectivity index (χ1) is 16.5. The van der Waals surface area contributed by atoms with Gasteiger partial charge in [-0.2, -0.15) is 8.78 Å². The van der Waals surface area contributed by atoms with Gasteiger partial charge in [0, 0.05) is 29.4 Å². The Morgan fingerprint density at radius 2 is 1.94 bits per heavy atom. The van der Waals surface area contributed by atoms with Crippen LogP contribution in [0.3, 0.4) is 0 Å². The second-order valence-corrected chi connectivity index (χ2v) is 10.8. The number of carbonyl (C=O) groups excluding carboxylic acids is 1. The minimum atomic E-state index is -3.74. The van der Waals surface area contributed by atoms with Crippen LogP contribution in [0.5, 0.6) is 5.75 Å². The first-order valence-electron chi connectivity index (χ1n) is 11.2. The third-order valence-electron chi connectivity index (χ3n) is 6.53. The largest absolute Gasteiger partial charge is 0.490 e. The molecule has 1 aliphatic heterocycles. The maximum Gasteiger partial charge on any atom is 0.302 e. The van der Waals surface area contributed by atoms with Crippen LogP contribution in [0.1, 0.15) is 34.3 Å². The number of ether oxygens (including phenoxy) is 1. The third-order valence-corrected chi connectivity index (χ3v) is 7.08. The Bertz CT molecular complexity index is 1220. The minimum absolute atomic E-state index is 0.0318. The summed E-state index contributed by atoms with van der Waals surface area (Å²) in [5.41, 5.74) is 0.538. The van der Waals surface area contributed by atoms with E-state index in [1.54, 1.807) is 12.1 Å². The molecule has 35 heavy (non-hydrogen) atoms. The number of aliphatic hydroxyl groups excluding tert-OH is 1. The molecular formula is C25H26F3NO5S. The van der Waals surface area contributed by atoms with Gasteiger partial charge in [0.1, 0.15) is 24.1 Å². The van der Waals surface area contributed by atoms with Crippen molar-refractivity contribution in [3.05, 3.63) is 77.4 Å². The number of nitrogens with one attached hydrogen (secondary N) is 1. The number of amides is 1. The molecule has 10 heteroatoms. The zero-order valence-corrected chi connectivity index (χ0v) is 19.7. The number of allylic oxidation sites excluding steroid dienone is 1. The lowest BCUT2D eigenvalue weighted by molar-refractivity contribution is -0.0930. The molecule has 188 valence electrons. The monoisotopic (exact) mass is 509 g/mol. The van der Waals surface area contributed by atoms with Gasteiger partial charge >= 0.3 is 5.92 Å². The van der Waals surface area contributed by atoms with Gasteiger partial charge in [-0.25, -0.2) is 17.5 Å². The first-order valence-corrected chi connectivity index (χ1v) is 13.1. The molecule has 2 aromatic rings. The van der Waals surface area contributed by atoms with Crippen LogP contribution in [0.25, 0.3) is 0 Å². The molecule has 1 unspecified atom stereocenters. The molecule has 1 aliphatic carbocycles. The zero-order valence-electron chi connectivity index (χ0n) is 18.9. The molecule has 5 atom stereocenters. The minimum Gasteiger partial charge on any atom is -0.490 e. The van der Waals surface area contributed by atoms with E-state index < -0.39 is 46.2 Å².